The highest BCUT2D eigenvalue weighted by Gasteiger charge is 2.15. The summed E-state index contributed by atoms with van der Waals surface area (Å²) in [4.78, 5) is 0. The fourth-order valence-electron chi connectivity index (χ4n) is 2.17. The lowest BCUT2D eigenvalue weighted by atomic mass is 10.0. The van der Waals surface area contributed by atoms with E-state index in [1.807, 2.05) is 29.2 Å². The zero-order valence-electron chi connectivity index (χ0n) is 11.4. The van der Waals surface area contributed by atoms with Crippen LogP contribution in [0.25, 0.3) is 0 Å². The van der Waals surface area contributed by atoms with E-state index in [2.05, 4.69) is 24.3 Å². The van der Waals surface area contributed by atoms with Gasteiger partial charge in [-0.3, -0.25) is 4.68 Å². The molecule has 0 radical (unpaired) electrons. The maximum atomic E-state index is 13.7. The van der Waals surface area contributed by atoms with Crippen molar-refractivity contribution < 1.29 is 4.39 Å². The van der Waals surface area contributed by atoms with Gasteiger partial charge in [0.15, 0.2) is 0 Å². The molecule has 3 nitrogen and oxygen atoms in total. The van der Waals surface area contributed by atoms with Gasteiger partial charge in [-0.2, -0.15) is 5.10 Å². The second kappa shape index (κ2) is 6.48. The Morgan fingerprint density at radius 3 is 2.74 bits per heavy atom. The van der Waals surface area contributed by atoms with Crippen LogP contribution in [0.5, 0.6) is 0 Å². The number of halogens is 1. The van der Waals surface area contributed by atoms with Crippen LogP contribution in [0.4, 0.5) is 4.39 Å². The van der Waals surface area contributed by atoms with Crippen molar-refractivity contribution in [2.45, 2.75) is 32.9 Å². The van der Waals surface area contributed by atoms with Gasteiger partial charge in [0, 0.05) is 24.3 Å². The van der Waals surface area contributed by atoms with Gasteiger partial charge in [-0.05, 0) is 31.5 Å². The van der Waals surface area contributed by atoms with E-state index in [1.165, 1.54) is 6.07 Å². The van der Waals surface area contributed by atoms with Crippen LogP contribution in [-0.4, -0.2) is 16.3 Å². The first kappa shape index (κ1) is 13.7. The predicted molar refractivity (Wildman–Crippen MR) is 74.4 cm³/mol. The molecule has 2 aromatic rings. The Hall–Kier alpha value is -1.68. The largest absolute Gasteiger partial charge is 0.310 e. The van der Waals surface area contributed by atoms with Gasteiger partial charge >= 0.3 is 0 Å². The highest BCUT2D eigenvalue weighted by molar-refractivity contribution is 5.22. The monoisotopic (exact) mass is 261 g/mol. The van der Waals surface area contributed by atoms with Gasteiger partial charge < -0.3 is 5.32 Å². The molecule has 0 fully saturated rings. The van der Waals surface area contributed by atoms with Crippen molar-refractivity contribution in [1.29, 1.82) is 0 Å². The van der Waals surface area contributed by atoms with E-state index in [9.17, 15) is 4.39 Å². The lowest BCUT2D eigenvalue weighted by Gasteiger charge is -2.16. The molecule has 0 aliphatic rings. The first-order chi connectivity index (χ1) is 9.24. The van der Waals surface area contributed by atoms with Crippen molar-refractivity contribution in [2.75, 3.05) is 6.54 Å². The highest BCUT2D eigenvalue weighted by atomic mass is 19.1. The third-order valence-electron chi connectivity index (χ3n) is 3.21. The van der Waals surface area contributed by atoms with Crippen LogP contribution in [0, 0.1) is 5.82 Å². The maximum Gasteiger partial charge on any atom is 0.126 e. The summed E-state index contributed by atoms with van der Waals surface area (Å²) < 4.78 is 15.6. The van der Waals surface area contributed by atoms with Crippen molar-refractivity contribution in [2.24, 2.45) is 0 Å². The minimum absolute atomic E-state index is 0.0993. The molecule has 1 unspecified atom stereocenters. The molecule has 0 bridgehead atoms. The van der Waals surface area contributed by atoms with Crippen LogP contribution in [0.1, 0.15) is 31.0 Å². The zero-order chi connectivity index (χ0) is 13.7. The smallest absolute Gasteiger partial charge is 0.126 e. The average Bonchev–Trinajstić information content (AvgIpc) is 2.89. The quantitative estimate of drug-likeness (QED) is 0.866. The van der Waals surface area contributed by atoms with Crippen LogP contribution in [0.15, 0.2) is 36.7 Å². The number of rotatable bonds is 6. The lowest BCUT2D eigenvalue weighted by molar-refractivity contribution is 0.527. The predicted octanol–water partition coefficient (Wildman–Crippen LogP) is 2.94. The van der Waals surface area contributed by atoms with Crippen molar-refractivity contribution >= 4 is 0 Å². The maximum absolute atomic E-state index is 13.7. The molecule has 1 atom stereocenters. The molecule has 19 heavy (non-hydrogen) atoms. The van der Waals surface area contributed by atoms with Crippen LogP contribution in [0.2, 0.25) is 0 Å². The van der Waals surface area contributed by atoms with Crippen molar-refractivity contribution in [3.63, 3.8) is 0 Å². The van der Waals surface area contributed by atoms with E-state index < -0.39 is 0 Å². The molecule has 1 aromatic heterocycles. The van der Waals surface area contributed by atoms with Crippen LogP contribution < -0.4 is 5.32 Å². The topological polar surface area (TPSA) is 29.9 Å². The summed E-state index contributed by atoms with van der Waals surface area (Å²) in [6, 6.07) is 7.03. The molecule has 102 valence electrons. The van der Waals surface area contributed by atoms with Gasteiger partial charge in [-0.25, -0.2) is 4.39 Å². The van der Waals surface area contributed by atoms with Crippen molar-refractivity contribution in [3.8, 4) is 0 Å². The number of nitrogens with zero attached hydrogens (tertiary/aromatic N) is 2. The number of hydrogen-bond donors (Lipinski definition) is 1. The molecule has 4 heteroatoms. The summed E-state index contributed by atoms with van der Waals surface area (Å²) in [5, 5.41) is 7.68. The Labute approximate surface area is 113 Å². The fourth-order valence-corrected chi connectivity index (χ4v) is 2.17. The molecular formula is C15H20FN3. The van der Waals surface area contributed by atoms with Crippen LogP contribution in [-0.2, 0) is 13.0 Å². The zero-order valence-corrected chi connectivity index (χ0v) is 11.4. The molecule has 0 aliphatic heterocycles. The van der Waals surface area contributed by atoms with Gasteiger partial charge in [-0.15, -0.1) is 0 Å². The molecule has 0 amide bonds. The van der Waals surface area contributed by atoms with Crippen molar-refractivity contribution in [1.82, 2.24) is 15.1 Å². The summed E-state index contributed by atoms with van der Waals surface area (Å²) in [6.07, 6.45) is 4.52. The van der Waals surface area contributed by atoms with Gasteiger partial charge in [0.2, 0.25) is 0 Å². The van der Waals surface area contributed by atoms with Gasteiger partial charge in [0.05, 0.1) is 6.20 Å². The Bertz CT molecular complexity index is 522. The first-order valence-electron chi connectivity index (χ1n) is 6.73. The van der Waals surface area contributed by atoms with Crippen LogP contribution in [0.3, 0.4) is 0 Å². The summed E-state index contributed by atoms with van der Waals surface area (Å²) >= 11 is 0. The molecule has 0 saturated heterocycles. The molecule has 0 spiro atoms. The summed E-state index contributed by atoms with van der Waals surface area (Å²) in [5.74, 6) is -0.145. The lowest BCUT2D eigenvalue weighted by Crippen LogP contribution is -2.23. The van der Waals surface area contributed by atoms with E-state index in [0.29, 0.717) is 6.42 Å². The van der Waals surface area contributed by atoms with Gasteiger partial charge in [-0.1, -0.05) is 25.1 Å². The first-order valence-corrected chi connectivity index (χ1v) is 6.73. The summed E-state index contributed by atoms with van der Waals surface area (Å²) in [6.45, 7) is 5.80. The van der Waals surface area contributed by atoms with Gasteiger partial charge in [0.1, 0.15) is 5.82 Å². The Morgan fingerprint density at radius 2 is 2.11 bits per heavy atom. The molecular weight excluding hydrogens is 241 g/mol. The summed E-state index contributed by atoms with van der Waals surface area (Å²) in [7, 11) is 0. The highest BCUT2D eigenvalue weighted by Crippen LogP contribution is 2.19. The van der Waals surface area contributed by atoms with E-state index in [-0.39, 0.29) is 11.9 Å². The van der Waals surface area contributed by atoms with Crippen LogP contribution >= 0.6 is 0 Å². The molecule has 0 saturated carbocycles. The number of likely N-dealkylation sites (N-methyl/N-ethyl adjacent to an activating group) is 1. The number of nitrogens with one attached hydrogen (secondary N) is 1. The second-order valence-corrected chi connectivity index (χ2v) is 4.54. The normalized spacial score (nSPS) is 12.6. The third-order valence-corrected chi connectivity index (χ3v) is 3.21. The molecule has 1 N–H and O–H groups in total. The Balaban J connectivity index is 2.18. The number of aromatic nitrogens is 2. The Kier molecular flexibility index (Phi) is 4.68. The van der Waals surface area contributed by atoms with Gasteiger partial charge in [0.25, 0.3) is 0 Å². The van der Waals surface area contributed by atoms with E-state index >= 15 is 0 Å². The fraction of sp³-hybridized carbons (Fsp3) is 0.400. The molecule has 0 aliphatic carbocycles. The minimum Gasteiger partial charge on any atom is -0.310 e. The number of benzene rings is 1. The standard InChI is InChI=1S/C15H20FN3/c1-3-17-15(13-10-18-19(4-2)11-13)9-12-7-5-6-8-14(12)16/h5-8,10-11,15,17H,3-4,9H2,1-2H3. The Morgan fingerprint density at radius 1 is 1.32 bits per heavy atom. The van der Waals surface area contributed by atoms with Crippen molar-refractivity contribution in [3.05, 3.63) is 53.6 Å². The third kappa shape index (κ3) is 3.41. The van der Waals surface area contributed by atoms with E-state index in [0.717, 1.165) is 24.2 Å². The molecule has 2 rings (SSSR count). The summed E-state index contributed by atoms with van der Waals surface area (Å²) in [5.41, 5.74) is 1.84. The SMILES string of the molecule is CCNC(Cc1ccccc1F)c1cnn(CC)c1. The average molecular weight is 261 g/mol. The molecule has 1 heterocycles. The number of aryl methyl sites for hydroxylation is 1. The number of hydrogen-bond acceptors (Lipinski definition) is 2. The van der Waals surface area contributed by atoms with E-state index in [4.69, 9.17) is 0 Å². The minimum atomic E-state index is -0.145. The second-order valence-electron chi connectivity index (χ2n) is 4.54. The van der Waals surface area contributed by atoms with E-state index in [1.54, 1.807) is 6.07 Å². The molecule has 1 aromatic carbocycles.